The van der Waals surface area contributed by atoms with Crippen LogP contribution in [0.3, 0.4) is 0 Å². The Balaban J connectivity index is 2.39. The van der Waals surface area contributed by atoms with E-state index in [1.807, 2.05) is 37.4 Å². The average Bonchev–Trinajstić information content (AvgIpc) is 2.78. The molecule has 0 amide bonds. The van der Waals surface area contributed by atoms with Crippen LogP contribution in [0.15, 0.2) is 36.5 Å². The molecule has 1 N–H and O–H groups in total. The van der Waals surface area contributed by atoms with E-state index >= 15 is 0 Å². The van der Waals surface area contributed by atoms with Gasteiger partial charge in [0.25, 0.3) is 0 Å². The lowest BCUT2D eigenvalue weighted by Gasteiger charge is -2.01. The molecule has 0 aliphatic carbocycles. The molecule has 0 aliphatic rings. The zero-order chi connectivity index (χ0) is 11.5. The Hall–Kier alpha value is -2.03. The van der Waals surface area contributed by atoms with Gasteiger partial charge in [-0.15, -0.1) is 0 Å². The van der Waals surface area contributed by atoms with Gasteiger partial charge < -0.3 is 9.72 Å². The minimum absolute atomic E-state index is 0.347. The second kappa shape index (κ2) is 4.23. The number of carbonyl (C=O) groups is 1. The molecule has 16 heavy (non-hydrogen) atoms. The number of carbonyl (C=O) groups excluding carboxylic acids is 1. The zero-order valence-electron chi connectivity index (χ0n) is 9.28. The van der Waals surface area contributed by atoms with E-state index in [2.05, 4.69) is 9.72 Å². The van der Waals surface area contributed by atoms with Crippen LogP contribution in [0, 0.1) is 6.92 Å². The summed E-state index contributed by atoms with van der Waals surface area (Å²) in [5.74, 6) is -0.347. The smallest absolute Gasteiger partial charge is 0.354 e. The van der Waals surface area contributed by atoms with Gasteiger partial charge in [-0.3, -0.25) is 0 Å². The van der Waals surface area contributed by atoms with Gasteiger partial charge in [-0.25, -0.2) is 4.79 Å². The van der Waals surface area contributed by atoms with Crippen LogP contribution in [0.4, 0.5) is 0 Å². The summed E-state index contributed by atoms with van der Waals surface area (Å²) in [6.45, 7) is 2.04. The Morgan fingerprint density at radius 2 is 2.06 bits per heavy atom. The largest absolute Gasteiger partial charge is 0.464 e. The Morgan fingerprint density at radius 3 is 2.75 bits per heavy atom. The first-order valence-electron chi connectivity index (χ1n) is 5.05. The van der Waals surface area contributed by atoms with E-state index in [0.717, 1.165) is 11.1 Å². The summed E-state index contributed by atoms with van der Waals surface area (Å²) in [5.41, 5.74) is 3.77. The summed E-state index contributed by atoms with van der Waals surface area (Å²) < 4.78 is 4.65. The van der Waals surface area contributed by atoms with Crippen LogP contribution >= 0.6 is 0 Å². The molecule has 82 valence electrons. The molecule has 0 unspecified atom stereocenters. The summed E-state index contributed by atoms with van der Waals surface area (Å²) in [6, 6.07) is 9.84. The molecule has 0 atom stereocenters. The topological polar surface area (TPSA) is 42.1 Å². The van der Waals surface area contributed by atoms with Crippen LogP contribution in [0.25, 0.3) is 11.1 Å². The Morgan fingerprint density at radius 1 is 1.31 bits per heavy atom. The predicted octanol–water partition coefficient (Wildman–Crippen LogP) is 2.78. The van der Waals surface area contributed by atoms with Crippen molar-refractivity contribution in [2.24, 2.45) is 0 Å². The molecule has 1 aromatic carbocycles. The highest BCUT2D eigenvalue weighted by atomic mass is 16.5. The van der Waals surface area contributed by atoms with E-state index < -0.39 is 0 Å². The Kier molecular flexibility index (Phi) is 2.77. The quantitative estimate of drug-likeness (QED) is 0.783. The van der Waals surface area contributed by atoms with Gasteiger partial charge in [0.05, 0.1) is 7.11 Å². The first-order valence-corrected chi connectivity index (χ1v) is 5.05. The first-order chi connectivity index (χ1) is 7.72. The minimum Gasteiger partial charge on any atom is -0.464 e. The number of esters is 1. The summed E-state index contributed by atoms with van der Waals surface area (Å²) >= 11 is 0. The van der Waals surface area contributed by atoms with Crippen LogP contribution in [-0.2, 0) is 4.74 Å². The van der Waals surface area contributed by atoms with Gasteiger partial charge in [0.1, 0.15) is 5.69 Å². The number of aromatic nitrogens is 1. The average molecular weight is 215 g/mol. The zero-order valence-corrected chi connectivity index (χ0v) is 9.28. The fourth-order valence-electron chi connectivity index (χ4n) is 1.67. The number of rotatable bonds is 2. The van der Waals surface area contributed by atoms with Crippen molar-refractivity contribution in [1.29, 1.82) is 0 Å². The lowest BCUT2D eigenvalue weighted by Crippen LogP contribution is -2.00. The molecule has 3 heteroatoms. The number of H-pyrrole nitrogens is 1. The van der Waals surface area contributed by atoms with Crippen LogP contribution in [0.1, 0.15) is 16.1 Å². The maximum absolute atomic E-state index is 11.3. The fourth-order valence-corrected chi connectivity index (χ4v) is 1.67. The van der Waals surface area contributed by atoms with Crippen molar-refractivity contribution in [3.63, 3.8) is 0 Å². The van der Waals surface area contributed by atoms with E-state index in [9.17, 15) is 4.79 Å². The molecule has 0 fully saturated rings. The highest BCUT2D eigenvalue weighted by Gasteiger charge is 2.09. The van der Waals surface area contributed by atoms with Crippen molar-refractivity contribution in [2.75, 3.05) is 7.11 Å². The van der Waals surface area contributed by atoms with Gasteiger partial charge in [0.2, 0.25) is 0 Å². The number of aryl methyl sites for hydroxylation is 1. The number of hydrogen-bond donors (Lipinski definition) is 1. The van der Waals surface area contributed by atoms with Crippen LogP contribution in [-0.4, -0.2) is 18.1 Å². The second-order valence-corrected chi connectivity index (χ2v) is 3.61. The van der Waals surface area contributed by atoms with Crippen LogP contribution < -0.4 is 0 Å². The van der Waals surface area contributed by atoms with Crippen molar-refractivity contribution in [3.8, 4) is 11.1 Å². The lowest BCUT2D eigenvalue weighted by molar-refractivity contribution is 0.0595. The summed E-state index contributed by atoms with van der Waals surface area (Å²) in [4.78, 5) is 14.2. The van der Waals surface area contributed by atoms with E-state index in [1.54, 1.807) is 6.07 Å². The molecule has 2 rings (SSSR count). The van der Waals surface area contributed by atoms with Gasteiger partial charge in [0.15, 0.2) is 0 Å². The maximum atomic E-state index is 11.3. The molecular weight excluding hydrogens is 202 g/mol. The number of ether oxygens (including phenoxy) is 1. The molecule has 0 saturated heterocycles. The first kappa shape index (κ1) is 10.5. The third-order valence-electron chi connectivity index (χ3n) is 2.54. The Labute approximate surface area is 94.1 Å². The summed E-state index contributed by atoms with van der Waals surface area (Å²) in [7, 11) is 1.37. The van der Waals surface area contributed by atoms with E-state index in [1.165, 1.54) is 12.7 Å². The predicted molar refractivity (Wildman–Crippen MR) is 62.3 cm³/mol. The molecule has 3 nitrogen and oxygen atoms in total. The SMILES string of the molecule is COC(=O)c1cc(-c2ccccc2C)c[nH]1. The van der Waals surface area contributed by atoms with Gasteiger partial charge >= 0.3 is 5.97 Å². The fraction of sp³-hybridized carbons (Fsp3) is 0.154. The lowest BCUT2D eigenvalue weighted by atomic mass is 10.0. The number of benzene rings is 1. The van der Waals surface area contributed by atoms with Gasteiger partial charge in [0, 0.05) is 11.8 Å². The van der Waals surface area contributed by atoms with Crippen molar-refractivity contribution in [3.05, 3.63) is 47.8 Å². The van der Waals surface area contributed by atoms with Crippen LogP contribution in [0.2, 0.25) is 0 Å². The number of hydrogen-bond acceptors (Lipinski definition) is 2. The number of nitrogens with one attached hydrogen (secondary N) is 1. The van der Waals surface area contributed by atoms with E-state index in [0.29, 0.717) is 5.69 Å². The monoisotopic (exact) mass is 215 g/mol. The molecule has 0 spiro atoms. The highest BCUT2D eigenvalue weighted by Crippen LogP contribution is 2.23. The number of methoxy groups -OCH3 is 1. The van der Waals surface area contributed by atoms with Crippen molar-refractivity contribution >= 4 is 5.97 Å². The van der Waals surface area contributed by atoms with E-state index in [-0.39, 0.29) is 5.97 Å². The summed E-state index contributed by atoms with van der Waals surface area (Å²) in [5, 5.41) is 0. The van der Waals surface area contributed by atoms with Crippen molar-refractivity contribution in [2.45, 2.75) is 6.92 Å². The number of aromatic amines is 1. The Bertz CT molecular complexity index is 514. The molecular formula is C13H13NO2. The van der Waals surface area contributed by atoms with Gasteiger partial charge in [-0.2, -0.15) is 0 Å². The summed E-state index contributed by atoms with van der Waals surface area (Å²) in [6.07, 6.45) is 1.81. The standard InChI is InChI=1S/C13H13NO2/c1-9-5-3-4-6-11(9)10-7-12(14-8-10)13(15)16-2/h3-8,14H,1-2H3. The van der Waals surface area contributed by atoms with E-state index in [4.69, 9.17) is 0 Å². The van der Waals surface area contributed by atoms with Gasteiger partial charge in [-0.05, 0) is 24.1 Å². The van der Waals surface area contributed by atoms with Crippen molar-refractivity contribution in [1.82, 2.24) is 4.98 Å². The molecule has 0 aliphatic heterocycles. The maximum Gasteiger partial charge on any atom is 0.354 e. The third kappa shape index (κ3) is 1.84. The van der Waals surface area contributed by atoms with Gasteiger partial charge in [-0.1, -0.05) is 24.3 Å². The molecule has 1 aromatic heterocycles. The molecule has 0 bridgehead atoms. The molecule has 0 saturated carbocycles. The minimum atomic E-state index is -0.347. The molecule has 0 radical (unpaired) electrons. The molecule has 2 aromatic rings. The van der Waals surface area contributed by atoms with Crippen LogP contribution in [0.5, 0.6) is 0 Å². The normalized spacial score (nSPS) is 10.1. The third-order valence-corrected chi connectivity index (χ3v) is 2.54. The van der Waals surface area contributed by atoms with Crippen molar-refractivity contribution < 1.29 is 9.53 Å². The molecule has 1 heterocycles. The highest BCUT2D eigenvalue weighted by molar-refractivity contribution is 5.89. The second-order valence-electron chi connectivity index (χ2n) is 3.61.